The lowest BCUT2D eigenvalue weighted by Crippen LogP contribution is -2.33. The summed E-state index contributed by atoms with van der Waals surface area (Å²) in [6.45, 7) is 2.27. The van der Waals surface area contributed by atoms with Gasteiger partial charge >= 0.3 is 0 Å². The van der Waals surface area contributed by atoms with Crippen molar-refractivity contribution in [3.63, 3.8) is 0 Å². The van der Waals surface area contributed by atoms with Crippen LogP contribution in [-0.2, 0) is 6.54 Å². The maximum absolute atomic E-state index is 13.0. The second-order valence-electron chi connectivity index (χ2n) is 6.49. The van der Waals surface area contributed by atoms with Crippen LogP contribution in [0.4, 0.5) is 0 Å². The molecular weight excluding hydrogens is 350 g/mol. The van der Waals surface area contributed by atoms with E-state index in [1.54, 1.807) is 12.1 Å². The Morgan fingerprint density at radius 3 is 2.58 bits per heavy atom. The summed E-state index contributed by atoms with van der Waals surface area (Å²) in [5.41, 5.74) is 2.49. The summed E-state index contributed by atoms with van der Waals surface area (Å²) in [5, 5.41) is 8.87. The standard InChI is InChI=1S/C20H18ClN3O2/c1-13-4-2-3-5-17(13)20(25)24(16-10-11-16)12-18-22-23-19(26-18)14-6-8-15(21)9-7-14/h2-9,16H,10-12H2,1H3. The summed E-state index contributed by atoms with van der Waals surface area (Å²) < 4.78 is 5.78. The van der Waals surface area contributed by atoms with Gasteiger partial charge < -0.3 is 9.32 Å². The summed E-state index contributed by atoms with van der Waals surface area (Å²) in [6.07, 6.45) is 2.02. The first-order valence-corrected chi connectivity index (χ1v) is 8.94. The monoisotopic (exact) mass is 367 g/mol. The molecular formula is C20H18ClN3O2. The molecule has 1 aromatic heterocycles. The fourth-order valence-electron chi connectivity index (χ4n) is 2.89. The van der Waals surface area contributed by atoms with Gasteiger partial charge in [0.1, 0.15) is 0 Å². The first-order valence-electron chi connectivity index (χ1n) is 8.57. The Labute approximate surface area is 156 Å². The maximum atomic E-state index is 13.0. The number of aryl methyl sites for hydroxylation is 1. The van der Waals surface area contributed by atoms with Crippen LogP contribution in [0, 0.1) is 6.92 Å². The van der Waals surface area contributed by atoms with Gasteiger partial charge in [-0.2, -0.15) is 0 Å². The van der Waals surface area contributed by atoms with E-state index < -0.39 is 0 Å². The molecule has 0 aliphatic heterocycles. The molecule has 4 rings (SSSR count). The number of halogens is 1. The van der Waals surface area contributed by atoms with Gasteiger partial charge in [0.25, 0.3) is 5.91 Å². The Morgan fingerprint density at radius 1 is 1.15 bits per heavy atom. The highest BCUT2D eigenvalue weighted by atomic mass is 35.5. The summed E-state index contributed by atoms with van der Waals surface area (Å²) in [6, 6.07) is 15.1. The highest BCUT2D eigenvalue weighted by molar-refractivity contribution is 6.30. The van der Waals surface area contributed by atoms with Gasteiger partial charge in [-0.1, -0.05) is 29.8 Å². The molecule has 0 unspecified atom stereocenters. The van der Waals surface area contributed by atoms with Gasteiger partial charge in [-0.25, -0.2) is 0 Å². The zero-order valence-electron chi connectivity index (χ0n) is 14.4. The number of aromatic nitrogens is 2. The van der Waals surface area contributed by atoms with Crippen LogP contribution in [0.3, 0.4) is 0 Å². The molecule has 0 radical (unpaired) electrons. The summed E-state index contributed by atoms with van der Waals surface area (Å²) in [5.74, 6) is 0.872. The van der Waals surface area contributed by atoms with E-state index in [0.29, 0.717) is 23.3 Å². The van der Waals surface area contributed by atoms with Crippen LogP contribution < -0.4 is 0 Å². The number of benzene rings is 2. The zero-order valence-corrected chi connectivity index (χ0v) is 15.1. The van der Waals surface area contributed by atoms with Crippen molar-refractivity contribution in [2.45, 2.75) is 32.4 Å². The van der Waals surface area contributed by atoms with Gasteiger partial charge in [0, 0.05) is 22.2 Å². The molecule has 1 aliphatic rings. The van der Waals surface area contributed by atoms with E-state index in [9.17, 15) is 4.79 Å². The van der Waals surface area contributed by atoms with Crippen LogP contribution in [0.2, 0.25) is 5.02 Å². The minimum Gasteiger partial charge on any atom is -0.419 e. The minimum atomic E-state index is 0.0110. The predicted molar refractivity (Wildman–Crippen MR) is 98.8 cm³/mol. The molecule has 1 saturated carbocycles. The van der Waals surface area contributed by atoms with E-state index in [-0.39, 0.29) is 11.9 Å². The molecule has 6 heteroatoms. The van der Waals surface area contributed by atoms with Gasteiger partial charge in [0.05, 0.1) is 6.54 Å². The average Bonchev–Trinajstić information content (AvgIpc) is 3.38. The SMILES string of the molecule is Cc1ccccc1C(=O)N(Cc1nnc(-c2ccc(Cl)cc2)o1)C1CC1. The molecule has 0 N–H and O–H groups in total. The smallest absolute Gasteiger partial charge is 0.254 e. The van der Waals surface area contributed by atoms with Crippen molar-refractivity contribution in [3.8, 4) is 11.5 Å². The van der Waals surface area contributed by atoms with E-state index in [0.717, 1.165) is 29.5 Å². The fourth-order valence-corrected chi connectivity index (χ4v) is 3.02. The molecule has 2 aromatic carbocycles. The van der Waals surface area contributed by atoms with Crippen molar-refractivity contribution in [2.24, 2.45) is 0 Å². The Balaban J connectivity index is 1.55. The molecule has 1 amide bonds. The number of rotatable bonds is 5. The van der Waals surface area contributed by atoms with Gasteiger partial charge in [-0.3, -0.25) is 4.79 Å². The number of hydrogen-bond acceptors (Lipinski definition) is 4. The van der Waals surface area contributed by atoms with Crippen LogP contribution >= 0.6 is 11.6 Å². The average molecular weight is 368 g/mol. The number of carbonyl (C=O) groups excluding carboxylic acids is 1. The highest BCUT2D eigenvalue weighted by Crippen LogP contribution is 2.30. The maximum Gasteiger partial charge on any atom is 0.254 e. The summed E-state index contributed by atoms with van der Waals surface area (Å²) in [7, 11) is 0. The molecule has 0 bridgehead atoms. The Bertz CT molecular complexity index is 932. The van der Waals surface area contributed by atoms with E-state index in [2.05, 4.69) is 10.2 Å². The Hall–Kier alpha value is -2.66. The summed E-state index contributed by atoms with van der Waals surface area (Å²) in [4.78, 5) is 14.8. The first kappa shape index (κ1) is 16.8. The highest BCUT2D eigenvalue weighted by Gasteiger charge is 2.34. The fraction of sp³-hybridized carbons (Fsp3) is 0.250. The van der Waals surface area contributed by atoms with Crippen molar-refractivity contribution in [2.75, 3.05) is 0 Å². The van der Waals surface area contributed by atoms with Crippen molar-refractivity contribution in [1.29, 1.82) is 0 Å². The van der Waals surface area contributed by atoms with Crippen LogP contribution in [-0.4, -0.2) is 27.0 Å². The van der Waals surface area contributed by atoms with Gasteiger partial charge in [0.15, 0.2) is 0 Å². The lowest BCUT2D eigenvalue weighted by molar-refractivity contribution is 0.0713. The molecule has 132 valence electrons. The van der Waals surface area contributed by atoms with E-state index in [1.165, 1.54) is 0 Å². The van der Waals surface area contributed by atoms with E-state index >= 15 is 0 Å². The molecule has 26 heavy (non-hydrogen) atoms. The molecule has 1 fully saturated rings. The quantitative estimate of drug-likeness (QED) is 0.666. The first-order chi connectivity index (χ1) is 12.6. The van der Waals surface area contributed by atoms with Crippen LogP contribution in [0.1, 0.15) is 34.7 Å². The van der Waals surface area contributed by atoms with Gasteiger partial charge in [0.2, 0.25) is 11.8 Å². The van der Waals surface area contributed by atoms with Crippen molar-refractivity contribution < 1.29 is 9.21 Å². The predicted octanol–water partition coefficient (Wildman–Crippen LogP) is 4.50. The molecule has 1 heterocycles. The molecule has 3 aromatic rings. The van der Waals surface area contributed by atoms with Crippen LogP contribution in [0.15, 0.2) is 52.9 Å². The van der Waals surface area contributed by atoms with Crippen molar-refractivity contribution in [1.82, 2.24) is 15.1 Å². The Morgan fingerprint density at radius 2 is 1.88 bits per heavy atom. The third-order valence-corrected chi connectivity index (χ3v) is 4.74. The number of nitrogens with zero attached hydrogens (tertiary/aromatic N) is 3. The topological polar surface area (TPSA) is 59.2 Å². The third kappa shape index (κ3) is 3.48. The van der Waals surface area contributed by atoms with Gasteiger partial charge in [-0.05, 0) is 55.7 Å². The molecule has 1 aliphatic carbocycles. The van der Waals surface area contributed by atoms with Crippen molar-refractivity contribution in [3.05, 3.63) is 70.6 Å². The third-order valence-electron chi connectivity index (χ3n) is 4.49. The number of hydrogen-bond donors (Lipinski definition) is 0. The minimum absolute atomic E-state index is 0.0110. The molecule has 0 saturated heterocycles. The van der Waals surface area contributed by atoms with Crippen LogP contribution in [0.25, 0.3) is 11.5 Å². The second kappa shape index (κ2) is 6.92. The van der Waals surface area contributed by atoms with Crippen LogP contribution in [0.5, 0.6) is 0 Å². The summed E-state index contributed by atoms with van der Waals surface area (Å²) >= 11 is 5.91. The van der Waals surface area contributed by atoms with Crippen molar-refractivity contribution >= 4 is 17.5 Å². The van der Waals surface area contributed by atoms with E-state index in [1.807, 2.05) is 48.2 Å². The lowest BCUT2D eigenvalue weighted by atomic mass is 10.1. The zero-order chi connectivity index (χ0) is 18.1. The molecule has 0 spiro atoms. The molecule has 0 atom stereocenters. The lowest BCUT2D eigenvalue weighted by Gasteiger charge is -2.21. The number of carbonyl (C=O) groups is 1. The second-order valence-corrected chi connectivity index (χ2v) is 6.92. The normalized spacial score (nSPS) is 13.6. The Kier molecular flexibility index (Phi) is 4.47. The van der Waals surface area contributed by atoms with Gasteiger partial charge in [-0.15, -0.1) is 10.2 Å². The number of amides is 1. The van der Waals surface area contributed by atoms with E-state index in [4.69, 9.17) is 16.0 Å². The molecule has 5 nitrogen and oxygen atoms in total. The largest absolute Gasteiger partial charge is 0.419 e.